The summed E-state index contributed by atoms with van der Waals surface area (Å²) >= 11 is 1.78. The number of nitrogens with zero attached hydrogens (tertiary/aromatic N) is 7. The number of thiophene rings is 1. The molecule has 4 aliphatic heterocycles. The molecular formula is C119H96IrN7O2PtS+. The first-order valence-electron chi connectivity index (χ1n) is 49.9. The second-order valence-electron chi connectivity index (χ2n) is 35.3. The Bertz CT molecular complexity index is 8660. The van der Waals surface area contributed by atoms with Gasteiger partial charge in [-0.25, -0.2) is 4.57 Å². The van der Waals surface area contributed by atoms with Gasteiger partial charge >= 0.3 is 21.1 Å². The molecule has 25 rings (SSSR count). The van der Waals surface area contributed by atoms with Crippen molar-refractivity contribution >= 4 is 93.3 Å². The fourth-order valence-corrected chi connectivity index (χ4v) is 21.0. The molecule has 1 unspecified atom stereocenters. The van der Waals surface area contributed by atoms with E-state index in [-0.39, 0.29) is 163 Å². The number of rotatable bonds is 8. The van der Waals surface area contributed by atoms with Crippen LogP contribution in [-0.2, 0) is 80.7 Å². The summed E-state index contributed by atoms with van der Waals surface area (Å²) in [5.41, 5.74) is 26.1. The number of aliphatic hydroxyl groups is 1. The summed E-state index contributed by atoms with van der Waals surface area (Å²) in [7, 11) is 0. The quantitative estimate of drug-likeness (QED) is 0.0536. The summed E-state index contributed by atoms with van der Waals surface area (Å²) in [5.74, 6) is -0.0625. The van der Waals surface area contributed by atoms with Gasteiger partial charge in [-0.1, -0.05) is 295 Å². The third-order valence-electron chi connectivity index (χ3n) is 26.0. The number of pyridine rings is 5. The number of aliphatic hydroxyl groups excluding tert-OH is 1. The van der Waals surface area contributed by atoms with Crippen LogP contribution in [0, 0.1) is 38.9 Å². The molecule has 13 aromatic carbocycles. The summed E-state index contributed by atoms with van der Waals surface area (Å²) in [6.07, 6.45) is 6.85. The average Bonchev–Trinajstić information content (AvgIpc) is 1.08. The first-order chi connectivity index (χ1) is 68.1. The number of para-hydroxylation sites is 2. The molecule has 0 fully saturated rings. The molecule has 1 radical (unpaired) electrons. The summed E-state index contributed by atoms with van der Waals surface area (Å²) in [4.78, 5) is 26.9. The Morgan fingerprint density at radius 1 is 0.580 bits per heavy atom. The van der Waals surface area contributed by atoms with Crippen LogP contribution in [0.25, 0.3) is 115 Å². The third-order valence-corrected chi connectivity index (χ3v) is 26.9. The molecule has 5 aliphatic rings. The summed E-state index contributed by atoms with van der Waals surface area (Å²) < 4.78 is 118. The molecular weight excluding hydrogens is 1980 g/mol. The van der Waals surface area contributed by atoms with Crippen LogP contribution in [0.3, 0.4) is 0 Å². The van der Waals surface area contributed by atoms with Gasteiger partial charge < -0.3 is 20.0 Å². The van der Waals surface area contributed by atoms with Crippen LogP contribution in [0.4, 0.5) is 17.1 Å². The number of hydrogen-bond donors (Lipinski definition) is 1. The summed E-state index contributed by atoms with van der Waals surface area (Å²) in [6, 6.07) is 102. The Morgan fingerprint density at radius 3 is 1.87 bits per heavy atom. The van der Waals surface area contributed by atoms with Gasteiger partial charge in [-0.3, -0.25) is 9.78 Å². The molecule has 643 valence electrons. The van der Waals surface area contributed by atoms with Gasteiger partial charge in [-0.2, -0.15) is 8.97 Å². The third kappa shape index (κ3) is 14.6. The monoisotopic (exact) mass is 2090 g/mol. The van der Waals surface area contributed by atoms with Crippen LogP contribution in [0.15, 0.2) is 357 Å². The van der Waals surface area contributed by atoms with Gasteiger partial charge in [0.15, 0.2) is 24.2 Å². The zero-order valence-electron chi connectivity index (χ0n) is 86.7. The normalized spacial score (nSPS) is 15.9. The largest absolute Gasteiger partial charge is 2.00 e. The van der Waals surface area contributed by atoms with Gasteiger partial charge in [0.2, 0.25) is 5.69 Å². The standard InChI is InChI=1S/C49H33N3.C25H21N2.C21H18NS.C19H16N.C5H8O2.Ir.Pt/c1-48(36-16-5-2-6-17-36)39-28-26-34(43-24-11-13-30-50-43)32-45(39)52-46-33-35(44-25-12-14-31-51-44)27-29-40(46)49(37-18-7-3-8-19-37,38-20-9-4-10-21-38)42-23-15-22-41(48)47(42)52;1-15-10-11-21-20(12-15)19-9-5-8-18-13-26-14-22(27(21)25(26)24(18)19)23-16(2)6-4-7-17(23)3;1-21(2,3)15-10-8-14(9-11-15)19-17-12-13-23-20(17)16-6-4-5-7-18(16)22-19;1-19(2)14-7-3-5-12-9-10-20-11-13-6-4-8-15(19)17(13)18(20)16(12)14;1-4(6)3-5(2)7;;/h2-31H,1H3;4-12,14H,13H2,1-3H3;4-8,10-13H,1-3H3;3-10H,11H2,1-2H3;3,6H,1-2H3;;/q-2;+1;-1;+1;;;+2/i;2D3,4D,5D,6D,7D,8D,9D,10D,11D,12D,14D;;;;;. The smallest absolute Gasteiger partial charge is 0.512 e. The van der Waals surface area contributed by atoms with E-state index in [0.29, 0.717) is 10.9 Å². The van der Waals surface area contributed by atoms with E-state index in [2.05, 4.69) is 311 Å². The summed E-state index contributed by atoms with van der Waals surface area (Å²) in [5, 5.41) is 16.3. The Hall–Kier alpha value is -13.5. The van der Waals surface area contributed by atoms with Gasteiger partial charge in [-0.05, 0) is 165 Å². The van der Waals surface area contributed by atoms with E-state index in [1.165, 1.54) is 136 Å². The maximum Gasteiger partial charge on any atom is 2.00 e. The van der Waals surface area contributed by atoms with E-state index in [1.54, 1.807) is 11.3 Å². The molecule has 0 saturated heterocycles. The van der Waals surface area contributed by atoms with E-state index >= 15 is 0 Å². The van der Waals surface area contributed by atoms with Crippen molar-refractivity contribution in [2.75, 3.05) is 4.90 Å². The van der Waals surface area contributed by atoms with E-state index in [1.807, 2.05) is 42.7 Å². The number of imidazole rings is 1. The van der Waals surface area contributed by atoms with Crippen LogP contribution in [0.5, 0.6) is 0 Å². The van der Waals surface area contributed by atoms with Crippen molar-refractivity contribution in [2.24, 2.45) is 0 Å². The van der Waals surface area contributed by atoms with Crippen molar-refractivity contribution in [3.05, 3.63) is 459 Å². The second kappa shape index (κ2) is 34.4. The van der Waals surface area contributed by atoms with Crippen molar-refractivity contribution in [1.82, 2.24) is 19.5 Å². The molecule has 11 heterocycles. The number of aromatic nitrogens is 6. The second-order valence-corrected chi connectivity index (χ2v) is 36.2. The van der Waals surface area contributed by atoms with Crippen molar-refractivity contribution < 1.29 is 77.9 Å². The molecule has 0 spiro atoms. The molecule has 0 amide bonds. The molecule has 0 bridgehead atoms. The van der Waals surface area contributed by atoms with E-state index < -0.39 is 35.3 Å². The molecule has 131 heavy (non-hydrogen) atoms. The van der Waals surface area contributed by atoms with Crippen molar-refractivity contribution in [2.45, 2.75) is 111 Å². The molecule has 1 aliphatic carbocycles. The Kier molecular flexibility index (Phi) is 19.0. The summed E-state index contributed by atoms with van der Waals surface area (Å²) in [6.45, 7) is 17.6. The number of carbonyl (C=O) groups excluding carboxylic acids is 1. The fraction of sp³-hybridized carbons (Fsp3) is 0.143. The molecule has 20 aromatic rings. The predicted octanol–water partition coefficient (Wildman–Crippen LogP) is 27.8. The minimum absolute atomic E-state index is 0. The van der Waals surface area contributed by atoms with E-state index in [4.69, 9.17) is 36.5 Å². The van der Waals surface area contributed by atoms with Crippen LogP contribution in [0.2, 0.25) is 0 Å². The van der Waals surface area contributed by atoms with Crippen LogP contribution >= 0.6 is 11.3 Å². The zero-order valence-corrected chi connectivity index (χ0v) is 79.2. The number of ketones is 1. The SMILES string of the molecule is CC(=O)C=C(C)O.CC(C)(C)c1c[c-]c(-c2nc3ccccc3c3sccc23)cc1.CC1(C)c2cccc3c2-c2c4c1cccc4cc[n+]2C3.CC1(c2ccccc2)c2ccc(-c3ccccn3)[c-]c2N2c3[c-]c(-c4ccccn4)ccc3C(c3ccccc3)(c3ccccc3)c3cccc1c32.[2H]c1c([2H])c(C)c(-c2c([2H])n3c4c5c(c([2H])c([2H])c([2H])c5c5c([2H])c(C)c([2H])c([2H])c5[n+]24)C3)c(C([2H])([2H])[2H])c1[2H].[Ir].[Pt+2]. The first-order valence-corrected chi connectivity index (χ1v) is 44.3. The van der Waals surface area contributed by atoms with Gasteiger partial charge in [0.1, 0.15) is 19.6 Å². The fourth-order valence-electron chi connectivity index (χ4n) is 20.1. The number of hydrogen-bond acceptors (Lipinski definition) is 7. The zero-order chi connectivity index (χ0) is 99.6. The topological polar surface area (TPSA) is 92.1 Å². The molecule has 7 aromatic heterocycles. The van der Waals surface area contributed by atoms with Gasteiger partial charge in [0, 0.05) is 103 Å². The van der Waals surface area contributed by atoms with Gasteiger partial charge in [0.25, 0.3) is 5.65 Å². The number of anilines is 3. The minimum Gasteiger partial charge on any atom is -0.512 e. The Balaban J connectivity index is 0.000000125. The maximum absolute atomic E-state index is 10.0. The average molecular weight is 2090 g/mol. The van der Waals surface area contributed by atoms with E-state index in [0.717, 1.165) is 68.5 Å². The number of fused-ring (bicyclic) bond motifs is 10. The molecule has 0 saturated carbocycles. The Morgan fingerprint density at radius 2 is 1.21 bits per heavy atom. The van der Waals surface area contributed by atoms with E-state index in [9.17, 15) is 6.17 Å². The van der Waals surface area contributed by atoms with Crippen molar-refractivity contribution in [3.63, 3.8) is 0 Å². The minimum atomic E-state index is -2.91. The van der Waals surface area contributed by atoms with Crippen LogP contribution in [-0.4, -0.2) is 30.4 Å². The predicted molar refractivity (Wildman–Crippen MR) is 528 cm³/mol. The van der Waals surface area contributed by atoms with Crippen molar-refractivity contribution in [3.8, 4) is 56.3 Å². The van der Waals surface area contributed by atoms with Crippen LogP contribution in [0.1, 0.15) is 157 Å². The first kappa shape index (κ1) is 72.3. The maximum atomic E-state index is 10.0. The molecule has 9 nitrogen and oxygen atoms in total. The van der Waals surface area contributed by atoms with Crippen molar-refractivity contribution in [1.29, 1.82) is 0 Å². The Labute approximate surface area is 815 Å². The molecule has 1 atom stereocenters. The number of benzene rings is 13. The number of allylic oxidation sites excluding steroid dienone is 2. The van der Waals surface area contributed by atoms with Gasteiger partial charge in [-0.15, -0.1) is 94.3 Å². The molecule has 1 N–H and O–H groups in total. The van der Waals surface area contributed by atoms with Gasteiger partial charge in [0.05, 0.1) is 45.6 Å². The van der Waals surface area contributed by atoms with Crippen LogP contribution < -0.4 is 13.9 Å². The number of carbonyl (C=O) groups is 1. The molecule has 12 heteroatoms.